The van der Waals surface area contributed by atoms with Gasteiger partial charge in [0.25, 0.3) is 0 Å². The third kappa shape index (κ3) is 2.60. The summed E-state index contributed by atoms with van der Waals surface area (Å²) in [5, 5.41) is 2.80. The molecule has 1 fully saturated rings. The molecule has 0 aromatic rings. The fraction of sp³-hybridized carbons (Fsp3) is 0.750. The van der Waals surface area contributed by atoms with E-state index in [0.29, 0.717) is 6.42 Å². The molecule has 1 atom stereocenters. The smallest absolute Gasteiger partial charge is 0.407 e. The van der Waals surface area contributed by atoms with Crippen LogP contribution in [-0.2, 0) is 14.3 Å². The summed E-state index contributed by atoms with van der Waals surface area (Å²) in [6, 6.07) is 0. The Hall–Kier alpha value is -0.780. The molecular weight excluding hydrogens is 254 g/mol. The molecule has 1 heterocycles. The van der Waals surface area contributed by atoms with Gasteiger partial charge in [0.15, 0.2) is 0 Å². The van der Waals surface area contributed by atoms with E-state index in [1.807, 2.05) is 6.92 Å². The van der Waals surface area contributed by atoms with Gasteiger partial charge in [0.1, 0.15) is 24.1 Å². The summed E-state index contributed by atoms with van der Waals surface area (Å²) in [5.74, 6) is -0.348. The van der Waals surface area contributed by atoms with Gasteiger partial charge in [0, 0.05) is 0 Å². The average Bonchev–Trinajstić information content (AvgIpc) is 2.57. The van der Waals surface area contributed by atoms with Crippen LogP contribution in [-0.4, -0.2) is 36.1 Å². The predicted molar refractivity (Wildman–Crippen MR) is 52.3 cm³/mol. The number of hydrogen-bond acceptors (Lipinski definition) is 4. The minimum absolute atomic E-state index is 0.152. The monoisotopic (exact) mass is 265 g/mol. The van der Waals surface area contributed by atoms with Gasteiger partial charge in [-0.2, -0.15) is 0 Å². The second-order valence-corrected chi connectivity index (χ2v) is 3.69. The summed E-state index contributed by atoms with van der Waals surface area (Å²) in [6.45, 7) is 2.30. The summed E-state index contributed by atoms with van der Waals surface area (Å²) in [6.07, 6.45) is 0.204. The Bertz CT molecular complexity index is 245. The van der Waals surface area contributed by atoms with Gasteiger partial charge in [-0.05, 0) is 6.42 Å². The number of carbonyl (C=O) groups excluding carboxylic acids is 2. The number of ether oxygens (including phenoxy) is 2. The Balaban J connectivity index is 2.46. The van der Waals surface area contributed by atoms with Crippen molar-refractivity contribution < 1.29 is 19.1 Å². The van der Waals surface area contributed by atoms with Crippen molar-refractivity contribution >= 4 is 28.0 Å². The largest absolute Gasteiger partial charge is 0.462 e. The maximum absolute atomic E-state index is 10.9. The van der Waals surface area contributed by atoms with Crippen LogP contribution in [0.3, 0.4) is 0 Å². The first-order valence-electron chi connectivity index (χ1n) is 4.28. The molecule has 1 aliphatic heterocycles. The molecule has 6 heteroatoms. The number of rotatable bonds is 4. The highest BCUT2D eigenvalue weighted by molar-refractivity contribution is 9.09. The molecule has 1 unspecified atom stereocenters. The minimum Gasteiger partial charge on any atom is -0.462 e. The molecule has 80 valence electrons. The Labute approximate surface area is 90.3 Å². The van der Waals surface area contributed by atoms with E-state index in [-0.39, 0.29) is 24.5 Å². The Morgan fingerprint density at radius 3 is 2.93 bits per heavy atom. The zero-order chi connectivity index (χ0) is 10.6. The summed E-state index contributed by atoms with van der Waals surface area (Å²) < 4.78 is 9.71. The normalized spacial score (nSPS) is 25.4. The maximum atomic E-state index is 10.9. The van der Waals surface area contributed by atoms with Crippen LogP contribution in [0.15, 0.2) is 0 Å². The van der Waals surface area contributed by atoms with E-state index in [1.54, 1.807) is 0 Å². The quantitative estimate of drug-likeness (QED) is 0.604. The molecule has 1 saturated heterocycles. The molecule has 14 heavy (non-hydrogen) atoms. The molecule has 5 nitrogen and oxygen atoms in total. The maximum Gasteiger partial charge on any atom is 0.407 e. The molecule has 0 aliphatic carbocycles. The first-order chi connectivity index (χ1) is 6.62. The van der Waals surface area contributed by atoms with Crippen molar-refractivity contribution in [1.29, 1.82) is 0 Å². The van der Waals surface area contributed by atoms with E-state index >= 15 is 0 Å². The van der Waals surface area contributed by atoms with Crippen LogP contribution in [0.25, 0.3) is 0 Å². The summed E-state index contributed by atoms with van der Waals surface area (Å²) in [7, 11) is 0. The molecule has 1 aliphatic rings. The number of carbonyl (C=O) groups is 2. The lowest BCUT2D eigenvalue weighted by atomic mass is 10.00. The molecular formula is C8H12BrNO4. The fourth-order valence-corrected chi connectivity index (χ4v) is 1.28. The lowest BCUT2D eigenvalue weighted by Crippen LogP contribution is -2.47. The van der Waals surface area contributed by atoms with Crippen molar-refractivity contribution in [3.63, 3.8) is 0 Å². The van der Waals surface area contributed by atoms with Gasteiger partial charge in [-0.3, -0.25) is 4.79 Å². The number of alkyl carbamates (subject to hydrolysis) is 1. The Kier molecular flexibility index (Phi) is 3.74. The van der Waals surface area contributed by atoms with Gasteiger partial charge in [-0.1, -0.05) is 22.9 Å². The number of nitrogens with one attached hydrogen (secondary N) is 1. The van der Waals surface area contributed by atoms with E-state index in [1.165, 1.54) is 0 Å². The lowest BCUT2D eigenvalue weighted by molar-refractivity contribution is -0.142. The van der Waals surface area contributed by atoms with Gasteiger partial charge in [-0.15, -0.1) is 0 Å². The lowest BCUT2D eigenvalue weighted by Gasteiger charge is -2.23. The highest BCUT2D eigenvalue weighted by Crippen LogP contribution is 2.17. The predicted octanol–water partition coefficient (Wildman–Crippen LogP) is 0.813. The number of cyclic esters (lactones) is 1. The number of alkyl halides is 1. The van der Waals surface area contributed by atoms with Crippen LogP contribution in [0.4, 0.5) is 4.79 Å². The molecule has 1 rings (SSSR count). The third-order valence-electron chi connectivity index (χ3n) is 2.14. The van der Waals surface area contributed by atoms with E-state index in [9.17, 15) is 9.59 Å². The molecule has 1 amide bonds. The summed E-state index contributed by atoms with van der Waals surface area (Å²) >= 11 is 2.98. The molecule has 1 N–H and O–H groups in total. The van der Waals surface area contributed by atoms with E-state index in [0.717, 1.165) is 0 Å². The van der Waals surface area contributed by atoms with Gasteiger partial charge in [0.05, 0.1) is 0 Å². The fourth-order valence-electron chi connectivity index (χ4n) is 1.12. The highest BCUT2D eigenvalue weighted by Gasteiger charge is 2.39. The van der Waals surface area contributed by atoms with Crippen LogP contribution in [0, 0.1) is 0 Å². The zero-order valence-electron chi connectivity index (χ0n) is 7.84. The number of hydrogen-bond donors (Lipinski definition) is 1. The Morgan fingerprint density at radius 1 is 1.79 bits per heavy atom. The SMILES string of the molecule is CCC1(COC(=O)CBr)COC(=O)N1. The second kappa shape index (κ2) is 4.63. The third-order valence-corrected chi connectivity index (χ3v) is 2.60. The van der Waals surface area contributed by atoms with Crippen LogP contribution < -0.4 is 5.32 Å². The first kappa shape index (κ1) is 11.3. The molecule has 0 spiro atoms. The van der Waals surface area contributed by atoms with E-state index in [2.05, 4.69) is 21.2 Å². The summed E-state index contributed by atoms with van der Waals surface area (Å²) in [5.41, 5.74) is -0.547. The number of esters is 1. The van der Waals surface area contributed by atoms with Gasteiger partial charge < -0.3 is 14.8 Å². The van der Waals surface area contributed by atoms with Crippen LogP contribution in [0.1, 0.15) is 13.3 Å². The van der Waals surface area contributed by atoms with Crippen LogP contribution >= 0.6 is 15.9 Å². The van der Waals surface area contributed by atoms with E-state index in [4.69, 9.17) is 9.47 Å². The first-order valence-corrected chi connectivity index (χ1v) is 5.40. The van der Waals surface area contributed by atoms with E-state index < -0.39 is 11.6 Å². The zero-order valence-corrected chi connectivity index (χ0v) is 9.43. The van der Waals surface area contributed by atoms with Gasteiger partial charge in [0.2, 0.25) is 0 Å². The van der Waals surface area contributed by atoms with Gasteiger partial charge in [-0.25, -0.2) is 4.79 Å². The van der Waals surface area contributed by atoms with Crippen LogP contribution in [0.2, 0.25) is 0 Å². The molecule has 0 radical (unpaired) electrons. The Morgan fingerprint density at radius 2 is 2.50 bits per heavy atom. The van der Waals surface area contributed by atoms with Crippen molar-refractivity contribution in [2.75, 3.05) is 18.5 Å². The molecule has 0 aromatic heterocycles. The highest BCUT2D eigenvalue weighted by atomic mass is 79.9. The standard InChI is InChI=1S/C8H12BrNO4/c1-2-8(4-13-6(11)3-9)5-14-7(12)10-8/h2-5H2,1H3,(H,10,12). The number of halogens is 1. The average molecular weight is 266 g/mol. The molecule has 0 bridgehead atoms. The molecule has 0 saturated carbocycles. The minimum atomic E-state index is -0.547. The topological polar surface area (TPSA) is 64.6 Å². The van der Waals surface area contributed by atoms with Crippen molar-refractivity contribution in [2.45, 2.75) is 18.9 Å². The van der Waals surface area contributed by atoms with Gasteiger partial charge >= 0.3 is 12.1 Å². The molecule has 0 aromatic carbocycles. The van der Waals surface area contributed by atoms with Crippen molar-refractivity contribution in [2.24, 2.45) is 0 Å². The number of amides is 1. The van der Waals surface area contributed by atoms with Crippen molar-refractivity contribution in [1.82, 2.24) is 5.32 Å². The second-order valence-electron chi connectivity index (χ2n) is 3.13. The van der Waals surface area contributed by atoms with Crippen molar-refractivity contribution in [3.05, 3.63) is 0 Å². The van der Waals surface area contributed by atoms with Crippen molar-refractivity contribution in [3.8, 4) is 0 Å². The summed E-state index contributed by atoms with van der Waals surface area (Å²) in [4.78, 5) is 21.7. The van der Waals surface area contributed by atoms with Crippen LogP contribution in [0.5, 0.6) is 0 Å².